The zero-order valence-corrected chi connectivity index (χ0v) is 11.8. The van der Waals surface area contributed by atoms with Crippen molar-refractivity contribution in [3.8, 4) is 11.5 Å². The lowest BCUT2D eigenvalue weighted by Crippen LogP contribution is -1.99. The van der Waals surface area contributed by atoms with Crippen molar-refractivity contribution in [2.75, 3.05) is 12.4 Å². The Balaban J connectivity index is 2.12. The summed E-state index contributed by atoms with van der Waals surface area (Å²) in [4.78, 5) is 11.4. The van der Waals surface area contributed by atoms with Gasteiger partial charge in [0.2, 0.25) is 0 Å². The Labute approximate surface area is 117 Å². The fraction of sp³-hybridized carbons (Fsp3) is 0.267. The van der Waals surface area contributed by atoms with Gasteiger partial charge in [-0.25, -0.2) is 0 Å². The minimum Gasteiger partial charge on any atom is -0.508 e. The smallest absolute Gasteiger partial charge is 0.176 e. The largest absolute Gasteiger partial charge is 0.508 e. The van der Waals surface area contributed by atoms with Gasteiger partial charge < -0.3 is 19.7 Å². The monoisotopic (exact) mass is 274 g/mol. The normalized spacial score (nSPS) is 10.3. The lowest BCUT2D eigenvalue weighted by molar-refractivity contribution is 0.101. The quantitative estimate of drug-likeness (QED) is 0.822. The summed E-state index contributed by atoms with van der Waals surface area (Å²) < 4.78 is 6.90. The number of ether oxygens (including phenoxy) is 1. The molecular formula is C15H18N2O3. The number of nitrogens with zero attached hydrogens (tertiary/aromatic N) is 1. The van der Waals surface area contributed by atoms with Crippen LogP contribution in [0.15, 0.2) is 30.5 Å². The lowest BCUT2D eigenvalue weighted by Gasteiger charge is -2.08. The van der Waals surface area contributed by atoms with E-state index in [-0.39, 0.29) is 11.5 Å². The molecule has 2 N–H and O–H groups in total. The third-order valence-corrected chi connectivity index (χ3v) is 3.14. The van der Waals surface area contributed by atoms with Crippen LogP contribution in [0.25, 0.3) is 0 Å². The number of carbonyl (C=O) groups excluding carboxylic acids is 1. The second kappa shape index (κ2) is 5.69. The molecule has 1 aromatic heterocycles. The molecule has 1 heterocycles. The van der Waals surface area contributed by atoms with Crippen molar-refractivity contribution in [2.24, 2.45) is 7.05 Å². The third-order valence-electron chi connectivity index (χ3n) is 3.14. The number of ketones is 1. The van der Waals surface area contributed by atoms with E-state index in [1.54, 1.807) is 35.9 Å². The molecule has 5 heteroatoms. The number of Topliss-reactive ketones (excluding diaryl/α,β-unsaturated/α-hetero) is 1. The molecular weight excluding hydrogens is 256 g/mol. The molecule has 1 aromatic carbocycles. The maximum absolute atomic E-state index is 11.4. The van der Waals surface area contributed by atoms with Gasteiger partial charge in [-0.3, -0.25) is 4.79 Å². The zero-order chi connectivity index (χ0) is 14.7. The molecule has 0 aliphatic rings. The van der Waals surface area contributed by atoms with Crippen LogP contribution < -0.4 is 10.1 Å². The molecule has 0 amide bonds. The van der Waals surface area contributed by atoms with Crippen molar-refractivity contribution in [1.29, 1.82) is 0 Å². The molecule has 0 bridgehead atoms. The molecule has 5 nitrogen and oxygen atoms in total. The van der Waals surface area contributed by atoms with Crippen molar-refractivity contribution >= 4 is 11.5 Å². The average Bonchev–Trinajstić information content (AvgIpc) is 2.79. The predicted molar refractivity (Wildman–Crippen MR) is 77.4 cm³/mol. The number of phenolic OH excluding ortho intramolecular Hbond substituents is 1. The molecule has 0 radical (unpaired) electrons. The van der Waals surface area contributed by atoms with Crippen LogP contribution in [-0.2, 0) is 13.6 Å². The molecule has 0 aliphatic heterocycles. The Hall–Kier alpha value is -2.43. The molecule has 0 saturated heterocycles. The second-order valence-electron chi connectivity index (χ2n) is 4.63. The highest BCUT2D eigenvalue weighted by atomic mass is 16.5. The summed E-state index contributed by atoms with van der Waals surface area (Å²) in [7, 11) is 3.41. The molecule has 0 fully saturated rings. The van der Waals surface area contributed by atoms with E-state index in [1.165, 1.54) is 6.92 Å². The number of methoxy groups -OCH3 is 1. The van der Waals surface area contributed by atoms with Crippen LogP contribution in [0.3, 0.4) is 0 Å². The van der Waals surface area contributed by atoms with E-state index >= 15 is 0 Å². The number of nitrogens with one attached hydrogen (secondary N) is 1. The Kier molecular flexibility index (Phi) is 3.98. The molecule has 0 saturated carbocycles. The number of hydrogen-bond acceptors (Lipinski definition) is 4. The highest BCUT2D eigenvalue weighted by molar-refractivity contribution is 5.93. The number of aromatic nitrogens is 1. The highest BCUT2D eigenvalue weighted by Gasteiger charge is 2.08. The summed E-state index contributed by atoms with van der Waals surface area (Å²) in [6, 6.07) is 6.87. The number of hydrogen-bond donors (Lipinski definition) is 2. The zero-order valence-electron chi connectivity index (χ0n) is 11.8. The lowest BCUT2D eigenvalue weighted by atomic mass is 10.2. The van der Waals surface area contributed by atoms with E-state index in [4.69, 9.17) is 4.74 Å². The van der Waals surface area contributed by atoms with Crippen LogP contribution in [-0.4, -0.2) is 22.6 Å². The van der Waals surface area contributed by atoms with Crippen molar-refractivity contribution < 1.29 is 14.6 Å². The number of carbonyl (C=O) groups is 1. The predicted octanol–water partition coefficient (Wildman–Crippen LogP) is 2.55. The van der Waals surface area contributed by atoms with Gasteiger partial charge >= 0.3 is 0 Å². The number of anilines is 1. The molecule has 0 unspecified atom stereocenters. The molecule has 0 atom stereocenters. The van der Waals surface area contributed by atoms with Crippen LogP contribution in [0, 0.1) is 0 Å². The van der Waals surface area contributed by atoms with E-state index in [0.29, 0.717) is 18.0 Å². The standard InChI is InChI=1S/C15H18N2O3/c1-10(18)14-7-12(9-17(14)2)16-8-11-6-13(20-3)4-5-15(11)19/h4-7,9,16,19H,8H2,1-3H3. The van der Waals surface area contributed by atoms with Gasteiger partial charge in [0.25, 0.3) is 0 Å². The summed E-state index contributed by atoms with van der Waals surface area (Å²) in [5.74, 6) is 0.919. The van der Waals surface area contributed by atoms with Gasteiger partial charge in [0.15, 0.2) is 5.78 Å². The molecule has 2 rings (SSSR count). The molecule has 106 valence electrons. The number of rotatable bonds is 5. The summed E-state index contributed by atoms with van der Waals surface area (Å²) >= 11 is 0. The number of aryl methyl sites for hydroxylation is 1. The fourth-order valence-electron chi connectivity index (χ4n) is 2.04. The summed E-state index contributed by atoms with van der Waals surface area (Å²) in [5.41, 5.74) is 2.21. The van der Waals surface area contributed by atoms with Gasteiger partial charge in [-0.1, -0.05) is 0 Å². The average molecular weight is 274 g/mol. The number of benzene rings is 1. The van der Waals surface area contributed by atoms with Crippen LogP contribution >= 0.6 is 0 Å². The van der Waals surface area contributed by atoms with Crippen molar-refractivity contribution in [3.05, 3.63) is 41.7 Å². The van der Waals surface area contributed by atoms with E-state index in [2.05, 4.69) is 5.32 Å². The van der Waals surface area contributed by atoms with Crippen LogP contribution in [0.4, 0.5) is 5.69 Å². The first-order chi connectivity index (χ1) is 9.51. The topological polar surface area (TPSA) is 63.5 Å². The van der Waals surface area contributed by atoms with Gasteiger partial charge in [-0.2, -0.15) is 0 Å². The van der Waals surface area contributed by atoms with E-state index in [9.17, 15) is 9.90 Å². The summed E-state index contributed by atoms with van der Waals surface area (Å²) in [6.07, 6.45) is 1.84. The highest BCUT2D eigenvalue weighted by Crippen LogP contribution is 2.24. The van der Waals surface area contributed by atoms with E-state index in [0.717, 1.165) is 11.3 Å². The Bertz CT molecular complexity index is 632. The van der Waals surface area contributed by atoms with Crippen LogP contribution in [0.1, 0.15) is 23.0 Å². The summed E-state index contributed by atoms with van der Waals surface area (Å²) in [6.45, 7) is 1.98. The van der Waals surface area contributed by atoms with Gasteiger partial charge in [0, 0.05) is 32.3 Å². The second-order valence-corrected chi connectivity index (χ2v) is 4.63. The van der Waals surface area contributed by atoms with Crippen molar-refractivity contribution in [2.45, 2.75) is 13.5 Å². The van der Waals surface area contributed by atoms with E-state index < -0.39 is 0 Å². The maximum atomic E-state index is 11.4. The minimum atomic E-state index is 0.0183. The Morgan fingerprint density at radius 2 is 2.15 bits per heavy atom. The minimum absolute atomic E-state index is 0.0183. The number of phenols is 1. The van der Waals surface area contributed by atoms with Gasteiger partial charge in [0.1, 0.15) is 11.5 Å². The first kappa shape index (κ1) is 14.0. The first-order valence-electron chi connectivity index (χ1n) is 6.28. The van der Waals surface area contributed by atoms with Gasteiger partial charge in [-0.15, -0.1) is 0 Å². The Morgan fingerprint density at radius 1 is 1.40 bits per heavy atom. The van der Waals surface area contributed by atoms with E-state index in [1.807, 2.05) is 13.2 Å². The molecule has 0 aliphatic carbocycles. The molecule has 0 spiro atoms. The molecule has 2 aromatic rings. The summed E-state index contributed by atoms with van der Waals surface area (Å²) in [5, 5.41) is 13.0. The Morgan fingerprint density at radius 3 is 2.75 bits per heavy atom. The van der Waals surface area contributed by atoms with Gasteiger partial charge in [0.05, 0.1) is 18.5 Å². The third kappa shape index (κ3) is 2.93. The first-order valence-corrected chi connectivity index (χ1v) is 6.28. The van der Waals surface area contributed by atoms with Gasteiger partial charge in [-0.05, 0) is 24.3 Å². The van der Waals surface area contributed by atoms with Crippen molar-refractivity contribution in [3.63, 3.8) is 0 Å². The van der Waals surface area contributed by atoms with Crippen LogP contribution in [0.2, 0.25) is 0 Å². The van der Waals surface area contributed by atoms with Crippen molar-refractivity contribution in [1.82, 2.24) is 4.57 Å². The molecule has 20 heavy (non-hydrogen) atoms. The fourth-order valence-corrected chi connectivity index (χ4v) is 2.04. The maximum Gasteiger partial charge on any atom is 0.176 e. The number of aromatic hydroxyl groups is 1. The SMILES string of the molecule is COc1ccc(O)c(CNc2cc(C(C)=O)n(C)c2)c1. The van der Waals surface area contributed by atoms with Crippen LogP contribution in [0.5, 0.6) is 11.5 Å².